The number of Topliss-reactive ketones (excluding diaryl/α,β-unsaturated/α-hetero) is 1. The molecule has 1 aromatic heterocycles. The fourth-order valence-corrected chi connectivity index (χ4v) is 3.01. The number of hydrogen-bond donors (Lipinski definition) is 1. The second-order valence-electron chi connectivity index (χ2n) is 6.29. The first-order chi connectivity index (χ1) is 14.4. The summed E-state index contributed by atoms with van der Waals surface area (Å²) >= 11 is 6.02. The van der Waals surface area contributed by atoms with Gasteiger partial charge in [0, 0.05) is 23.6 Å². The lowest BCUT2D eigenvalue weighted by Crippen LogP contribution is -2.06. The normalized spacial score (nSPS) is 10.1. The zero-order valence-electron chi connectivity index (χ0n) is 15.4. The molecule has 0 bridgehead atoms. The molecule has 0 aliphatic heterocycles. The summed E-state index contributed by atoms with van der Waals surface area (Å²) in [7, 11) is 0. The van der Waals surface area contributed by atoms with Crippen molar-refractivity contribution in [2.75, 3.05) is 0 Å². The summed E-state index contributed by atoms with van der Waals surface area (Å²) in [5, 5.41) is 14.0. The summed E-state index contributed by atoms with van der Waals surface area (Å²) in [6.07, 6.45) is 0.134. The SMILES string of the molecule is [C-]#[N+]C([N+]#[C-])=C(O)c1ccc(CC(=O)Cc2cc(-c3ccc(F)cc3Cl)no2)cc1. The maximum absolute atomic E-state index is 13.2. The van der Waals surface area contributed by atoms with Crippen molar-refractivity contribution in [1.29, 1.82) is 0 Å². The van der Waals surface area contributed by atoms with Crippen molar-refractivity contribution in [3.63, 3.8) is 0 Å². The first-order valence-corrected chi connectivity index (χ1v) is 8.99. The summed E-state index contributed by atoms with van der Waals surface area (Å²) in [5.41, 5.74) is 1.93. The van der Waals surface area contributed by atoms with Crippen LogP contribution < -0.4 is 0 Å². The van der Waals surface area contributed by atoms with Crippen LogP contribution in [0.1, 0.15) is 16.9 Å². The van der Waals surface area contributed by atoms with Gasteiger partial charge >= 0.3 is 5.82 Å². The molecular weight excluding hydrogens is 409 g/mol. The summed E-state index contributed by atoms with van der Waals surface area (Å²) in [5.74, 6) is -1.05. The van der Waals surface area contributed by atoms with Gasteiger partial charge in [-0.15, -0.1) is 0 Å². The topological polar surface area (TPSA) is 72.1 Å². The number of halogens is 2. The number of aliphatic hydroxyl groups is 1. The maximum atomic E-state index is 13.2. The Morgan fingerprint density at radius 2 is 1.80 bits per heavy atom. The summed E-state index contributed by atoms with van der Waals surface area (Å²) in [6.45, 7) is 13.7. The van der Waals surface area contributed by atoms with Gasteiger partial charge in [0.05, 0.1) is 11.4 Å². The smallest absolute Gasteiger partial charge is 0.512 e. The van der Waals surface area contributed by atoms with E-state index in [0.717, 1.165) is 0 Å². The van der Waals surface area contributed by atoms with Crippen LogP contribution in [-0.2, 0) is 17.6 Å². The van der Waals surface area contributed by atoms with Crippen LogP contribution in [0.15, 0.2) is 58.9 Å². The summed E-state index contributed by atoms with van der Waals surface area (Å²) < 4.78 is 18.4. The number of aromatic nitrogens is 1. The number of nitrogens with zero attached hydrogens (tertiary/aromatic N) is 3. The molecule has 3 aromatic rings. The van der Waals surface area contributed by atoms with E-state index in [9.17, 15) is 14.3 Å². The highest BCUT2D eigenvalue weighted by atomic mass is 35.5. The lowest BCUT2D eigenvalue weighted by molar-refractivity contribution is -0.118. The molecule has 8 heteroatoms. The second kappa shape index (κ2) is 9.04. The van der Waals surface area contributed by atoms with Crippen LogP contribution in [0.3, 0.4) is 0 Å². The van der Waals surface area contributed by atoms with Crippen molar-refractivity contribution in [2.45, 2.75) is 12.8 Å². The Morgan fingerprint density at radius 1 is 1.10 bits per heavy atom. The van der Waals surface area contributed by atoms with Gasteiger partial charge in [-0.05, 0) is 23.8 Å². The third-order valence-corrected chi connectivity index (χ3v) is 4.50. The van der Waals surface area contributed by atoms with Crippen molar-refractivity contribution in [1.82, 2.24) is 5.16 Å². The Balaban J connectivity index is 1.67. The van der Waals surface area contributed by atoms with Gasteiger partial charge < -0.3 is 9.63 Å². The number of ketones is 1. The maximum Gasteiger partial charge on any atom is 0.562 e. The minimum Gasteiger partial charge on any atom is -0.512 e. The van der Waals surface area contributed by atoms with Crippen LogP contribution in [0, 0.1) is 19.0 Å². The van der Waals surface area contributed by atoms with Gasteiger partial charge in [-0.3, -0.25) is 4.79 Å². The van der Waals surface area contributed by atoms with Crippen LogP contribution >= 0.6 is 11.6 Å². The van der Waals surface area contributed by atoms with Crippen LogP contribution in [-0.4, -0.2) is 16.0 Å². The Hall–Kier alpha value is -3.94. The lowest BCUT2D eigenvalue weighted by Gasteiger charge is -2.02. The van der Waals surface area contributed by atoms with Gasteiger partial charge in [-0.2, -0.15) is 9.69 Å². The minimum absolute atomic E-state index is 0.0122. The van der Waals surface area contributed by atoms with E-state index in [1.807, 2.05) is 0 Å². The number of benzene rings is 2. The molecule has 0 aliphatic carbocycles. The molecule has 6 nitrogen and oxygen atoms in total. The number of carbonyl (C=O) groups is 1. The quantitative estimate of drug-likeness (QED) is 0.420. The highest BCUT2D eigenvalue weighted by molar-refractivity contribution is 6.33. The van der Waals surface area contributed by atoms with Crippen molar-refractivity contribution >= 4 is 23.1 Å². The average Bonchev–Trinajstić information content (AvgIpc) is 3.17. The van der Waals surface area contributed by atoms with E-state index in [1.54, 1.807) is 18.2 Å². The number of hydrogen-bond acceptors (Lipinski definition) is 4. The van der Waals surface area contributed by atoms with E-state index >= 15 is 0 Å². The molecule has 3 rings (SSSR count). The first kappa shape index (κ1) is 20.8. The molecule has 2 aromatic carbocycles. The third-order valence-electron chi connectivity index (χ3n) is 4.19. The van der Waals surface area contributed by atoms with E-state index in [4.69, 9.17) is 29.3 Å². The van der Waals surface area contributed by atoms with Crippen molar-refractivity contribution < 1.29 is 18.8 Å². The molecule has 0 unspecified atom stereocenters. The van der Waals surface area contributed by atoms with Gasteiger partial charge in [0.2, 0.25) is 5.76 Å². The highest BCUT2D eigenvalue weighted by Gasteiger charge is 2.16. The molecule has 1 heterocycles. The molecule has 0 fully saturated rings. The summed E-state index contributed by atoms with van der Waals surface area (Å²) in [6, 6.07) is 11.9. The van der Waals surface area contributed by atoms with E-state index in [-0.39, 0.29) is 23.6 Å². The first-order valence-electron chi connectivity index (χ1n) is 8.61. The third kappa shape index (κ3) is 4.72. The van der Waals surface area contributed by atoms with Crippen LogP contribution in [0.2, 0.25) is 5.02 Å². The zero-order chi connectivity index (χ0) is 21.7. The number of rotatable bonds is 6. The molecule has 30 heavy (non-hydrogen) atoms. The lowest BCUT2D eigenvalue weighted by atomic mass is 10.0. The Kier molecular flexibility index (Phi) is 6.26. The molecule has 0 saturated carbocycles. The van der Waals surface area contributed by atoms with Crippen LogP contribution in [0.25, 0.3) is 26.7 Å². The van der Waals surface area contributed by atoms with Gasteiger partial charge in [-0.25, -0.2) is 4.39 Å². The molecule has 0 saturated heterocycles. The standard InChI is InChI=1S/C22H13ClFN3O3/c1-25-22(26-2)21(29)14-5-3-13(4-6-14)9-16(28)11-17-12-20(27-30-17)18-8-7-15(24)10-19(18)23/h3-8,10,12,29H,9,11H2. The van der Waals surface area contributed by atoms with E-state index in [0.29, 0.717) is 28.1 Å². The van der Waals surface area contributed by atoms with E-state index in [2.05, 4.69) is 14.8 Å². The molecule has 0 amide bonds. The van der Waals surface area contributed by atoms with Crippen molar-refractivity contribution in [3.05, 3.63) is 105 Å². The van der Waals surface area contributed by atoms with Crippen molar-refractivity contribution in [3.8, 4) is 11.3 Å². The number of aliphatic hydroxyl groups excluding tert-OH is 1. The second-order valence-corrected chi connectivity index (χ2v) is 6.69. The fraction of sp³-hybridized carbons (Fsp3) is 0.0909. The Morgan fingerprint density at radius 3 is 2.43 bits per heavy atom. The highest BCUT2D eigenvalue weighted by Crippen LogP contribution is 2.28. The van der Waals surface area contributed by atoms with Crippen LogP contribution in [0.4, 0.5) is 4.39 Å². The van der Waals surface area contributed by atoms with Crippen LogP contribution in [0.5, 0.6) is 0 Å². The molecular formula is C22H13ClFN3O3. The Bertz CT molecular complexity index is 1200. The van der Waals surface area contributed by atoms with E-state index < -0.39 is 17.4 Å². The van der Waals surface area contributed by atoms with Gasteiger partial charge in [0.1, 0.15) is 36.2 Å². The summed E-state index contributed by atoms with van der Waals surface area (Å²) in [4.78, 5) is 18.3. The average molecular weight is 422 g/mol. The van der Waals surface area contributed by atoms with Gasteiger partial charge in [0.25, 0.3) is 0 Å². The molecule has 1 N–H and O–H groups in total. The predicted molar refractivity (Wildman–Crippen MR) is 109 cm³/mol. The van der Waals surface area contributed by atoms with Crippen molar-refractivity contribution in [2.24, 2.45) is 0 Å². The molecule has 0 aliphatic rings. The van der Waals surface area contributed by atoms with Gasteiger partial charge in [-0.1, -0.05) is 41.0 Å². The minimum atomic E-state index is -0.461. The number of carbonyl (C=O) groups excluding carboxylic acids is 1. The molecule has 148 valence electrons. The monoisotopic (exact) mass is 421 g/mol. The zero-order valence-corrected chi connectivity index (χ0v) is 16.2. The molecule has 0 radical (unpaired) electrons. The van der Waals surface area contributed by atoms with Gasteiger partial charge in [0.15, 0.2) is 0 Å². The Labute approximate surface area is 176 Å². The van der Waals surface area contributed by atoms with E-state index in [1.165, 1.54) is 30.3 Å². The largest absolute Gasteiger partial charge is 0.562 e. The molecule has 0 spiro atoms. The molecule has 0 atom stereocenters. The fourth-order valence-electron chi connectivity index (χ4n) is 2.75. The predicted octanol–water partition coefficient (Wildman–Crippen LogP) is 5.51.